The molecule has 1 saturated carbocycles. The van der Waals surface area contributed by atoms with E-state index in [2.05, 4.69) is 15.6 Å². The summed E-state index contributed by atoms with van der Waals surface area (Å²) in [5.74, 6) is 0.130. The number of thiocarbonyl (C=S) groups is 1. The van der Waals surface area contributed by atoms with Gasteiger partial charge in [-0.05, 0) is 31.4 Å². The summed E-state index contributed by atoms with van der Waals surface area (Å²) in [5.41, 5.74) is 7.01. The lowest BCUT2D eigenvalue weighted by Crippen LogP contribution is -2.25. The van der Waals surface area contributed by atoms with Crippen LogP contribution in [0.2, 0.25) is 0 Å². The van der Waals surface area contributed by atoms with Gasteiger partial charge in [-0.3, -0.25) is 9.78 Å². The minimum atomic E-state index is 0.130. The van der Waals surface area contributed by atoms with E-state index < -0.39 is 0 Å². The van der Waals surface area contributed by atoms with E-state index in [1.807, 2.05) is 12.1 Å². The fourth-order valence-corrected chi connectivity index (χ4v) is 1.91. The topological polar surface area (TPSA) is 80.0 Å². The quantitative estimate of drug-likeness (QED) is 0.515. The standard InChI is InChI=1S/C13H18N4OS/c14-13(19)12-10(3-1-8-16-12)15-7-2-4-11(18)17-9-5-6-9/h1,3,8-9,15H,2,4-7H2,(H2,14,19)(H,17,18). The monoisotopic (exact) mass is 278 g/mol. The molecule has 1 aromatic rings. The van der Waals surface area contributed by atoms with Crippen LogP contribution in [0.5, 0.6) is 0 Å². The number of amides is 1. The zero-order chi connectivity index (χ0) is 13.7. The number of hydrogen-bond donors (Lipinski definition) is 3. The van der Waals surface area contributed by atoms with Crippen LogP contribution in [0.1, 0.15) is 31.4 Å². The predicted molar refractivity (Wildman–Crippen MR) is 79.0 cm³/mol. The lowest BCUT2D eigenvalue weighted by atomic mass is 10.2. The van der Waals surface area contributed by atoms with Crippen LogP contribution in [0.25, 0.3) is 0 Å². The van der Waals surface area contributed by atoms with E-state index in [9.17, 15) is 4.79 Å². The largest absolute Gasteiger partial charge is 0.388 e. The first-order chi connectivity index (χ1) is 9.16. The number of rotatable bonds is 7. The molecule has 6 heteroatoms. The van der Waals surface area contributed by atoms with Crippen molar-refractivity contribution in [2.24, 2.45) is 5.73 Å². The zero-order valence-corrected chi connectivity index (χ0v) is 11.5. The van der Waals surface area contributed by atoms with E-state index in [0.29, 0.717) is 24.7 Å². The number of carbonyl (C=O) groups is 1. The zero-order valence-electron chi connectivity index (χ0n) is 10.7. The molecule has 0 aliphatic heterocycles. The molecule has 0 atom stereocenters. The number of carbonyl (C=O) groups excluding carboxylic acids is 1. The highest BCUT2D eigenvalue weighted by atomic mass is 32.1. The molecule has 1 aliphatic carbocycles. The van der Waals surface area contributed by atoms with E-state index >= 15 is 0 Å². The number of hydrogen-bond acceptors (Lipinski definition) is 4. The number of nitrogens with one attached hydrogen (secondary N) is 2. The van der Waals surface area contributed by atoms with Crippen LogP contribution in [0.4, 0.5) is 5.69 Å². The van der Waals surface area contributed by atoms with Gasteiger partial charge in [-0.1, -0.05) is 12.2 Å². The van der Waals surface area contributed by atoms with Crippen LogP contribution in [0, 0.1) is 0 Å². The molecule has 4 N–H and O–H groups in total. The van der Waals surface area contributed by atoms with Crippen LogP contribution < -0.4 is 16.4 Å². The van der Waals surface area contributed by atoms with Gasteiger partial charge in [-0.25, -0.2) is 0 Å². The molecule has 0 bridgehead atoms. The van der Waals surface area contributed by atoms with Crippen LogP contribution in [-0.2, 0) is 4.79 Å². The first-order valence-electron chi connectivity index (χ1n) is 6.45. The maximum absolute atomic E-state index is 11.5. The molecule has 0 radical (unpaired) electrons. The fourth-order valence-electron chi connectivity index (χ4n) is 1.74. The van der Waals surface area contributed by atoms with Crippen molar-refractivity contribution in [2.75, 3.05) is 11.9 Å². The summed E-state index contributed by atoms with van der Waals surface area (Å²) >= 11 is 4.94. The molecule has 5 nitrogen and oxygen atoms in total. The maximum Gasteiger partial charge on any atom is 0.220 e. The lowest BCUT2D eigenvalue weighted by Gasteiger charge is -2.09. The second-order valence-electron chi connectivity index (χ2n) is 4.64. The van der Waals surface area contributed by atoms with Crippen molar-refractivity contribution in [3.05, 3.63) is 24.0 Å². The van der Waals surface area contributed by atoms with Gasteiger partial charge in [-0.2, -0.15) is 0 Å². The first kappa shape index (κ1) is 13.7. The minimum absolute atomic E-state index is 0.130. The first-order valence-corrected chi connectivity index (χ1v) is 6.85. The third kappa shape index (κ3) is 4.48. The highest BCUT2D eigenvalue weighted by Gasteiger charge is 2.22. The van der Waals surface area contributed by atoms with Crippen molar-refractivity contribution in [3.63, 3.8) is 0 Å². The van der Waals surface area contributed by atoms with Gasteiger partial charge >= 0.3 is 0 Å². The Bertz CT molecular complexity index is 473. The molecule has 0 unspecified atom stereocenters. The summed E-state index contributed by atoms with van der Waals surface area (Å²) in [4.78, 5) is 15.9. The molecular formula is C13H18N4OS. The van der Waals surface area contributed by atoms with E-state index in [4.69, 9.17) is 18.0 Å². The summed E-state index contributed by atoms with van der Waals surface area (Å²) in [6.07, 6.45) is 5.20. The van der Waals surface area contributed by atoms with Crippen LogP contribution in [-0.4, -0.2) is 28.5 Å². The number of anilines is 1. The van der Waals surface area contributed by atoms with Gasteiger partial charge in [0.15, 0.2) is 0 Å². The van der Waals surface area contributed by atoms with Gasteiger partial charge in [0, 0.05) is 25.2 Å². The summed E-state index contributed by atoms with van der Waals surface area (Å²) in [5, 5.41) is 6.17. The Kier molecular flexibility index (Phi) is 4.68. The van der Waals surface area contributed by atoms with Crippen molar-refractivity contribution in [1.82, 2.24) is 10.3 Å². The molecule has 0 aromatic carbocycles. The Morgan fingerprint density at radius 2 is 2.32 bits per heavy atom. The molecule has 2 rings (SSSR count). The van der Waals surface area contributed by atoms with E-state index in [1.54, 1.807) is 6.20 Å². The second-order valence-corrected chi connectivity index (χ2v) is 5.08. The molecule has 1 amide bonds. The normalized spacial score (nSPS) is 13.9. The van der Waals surface area contributed by atoms with Crippen molar-refractivity contribution >= 4 is 28.8 Å². The summed E-state index contributed by atoms with van der Waals surface area (Å²) in [6, 6.07) is 4.13. The smallest absolute Gasteiger partial charge is 0.220 e. The Morgan fingerprint density at radius 1 is 1.53 bits per heavy atom. The minimum Gasteiger partial charge on any atom is -0.388 e. The van der Waals surface area contributed by atoms with E-state index in [-0.39, 0.29) is 10.9 Å². The summed E-state index contributed by atoms with van der Waals surface area (Å²) in [7, 11) is 0. The molecule has 1 aliphatic rings. The Hall–Kier alpha value is -1.69. The van der Waals surface area contributed by atoms with Gasteiger partial charge in [0.2, 0.25) is 5.91 Å². The highest BCUT2D eigenvalue weighted by molar-refractivity contribution is 7.80. The van der Waals surface area contributed by atoms with Gasteiger partial charge in [-0.15, -0.1) is 0 Å². The molecule has 0 spiro atoms. The number of nitrogens with two attached hydrogens (primary N) is 1. The fraction of sp³-hybridized carbons (Fsp3) is 0.462. The average Bonchev–Trinajstić information content (AvgIpc) is 3.19. The van der Waals surface area contributed by atoms with E-state index in [1.165, 1.54) is 0 Å². The average molecular weight is 278 g/mol. The van der Waals surface area contributed by atoms with E-state index in [0.717, 1.165) is 24.9 Å². The number of aromatic nitrogens is 1. The van der Waals surface area contributed by atoms with Gasteiger partial charge in [0.1, 0.15) is 10.7 Å². The Labute approximate surface area is 118 Å². The van der Waals surface area contributed by atoms with Gasteiger partial charge in [0.25, 0.3) is 0 Å². The van der Waals surface area contributed by atoms with Crippen LogP contribution in [0.3, 0.4) is 0 Å². The lowest BCUT2D eigenvalue weighted by molar-refractivity contribution is -0.121. The highest BCUT2D eigenvalue weighted by Crippen LogP contribution is 2.18. The maximum atomic E-state index is 11.5. The molecule has 1 fully saturated rings. The third-order valence-corrected chi connectivity index (χ3v) is 3.07. The van der Waals surface area contributed by atoms with Crippen molar-refractivity contribution in [1.29, 1.82) is 0 Å². The summed E-state index contributed by atoms with van der Waals surface area (Å²) < 4.78 is 0. The van der Waals surface area contributed by atoms with Gasteiger partial charge < -0.3 is 16.4 Å². The Balaban J connectivity index is 1.72. The van der Waals surface area contributed by atoms with Crippen molar-refractivity contribution in [3.8, 4) is 0 Å². The molecule has 1 heterocycles. The molecule has 1 aromatic heterocycles. The molecule has 102 valence electrons. The molecule has 19 heavy (non-hydrogen) atoms. The second kappa shape index (κ2) is 6.47. The molecule has 0 saturated heterocycles. The predicted octanol–water partition coefficient (Wildman–Crippen LogP) is 1.19. The number of pyridine rings is 1. The summed E-state index contributed by atoms with van der Waals surface area (Å²) in [6.45, 7) is 0.694. The third-order valence-electron chi connectivity index (χ3n) is 2.88. The SMILES string of the molecule is NC(=S)c1ncccc1NCCCC(=O)NC1CC1. The molecular weight excluding hydrogens is 260 g/mol. The van der Waals surface area contributed by atoms with Crippen LogP contribution >= 0.6 is 12.2 Å². The number of nitrogens with zero attached hydrogens (tertiary/aromatic N) is 1. The van der Waals surface area contributed by atoms with Crippen molar-refractivity contribution < 1.29 is 4.79 Å². The van der Waals surface area contributed by atoms with Crippen molar-refractivity contribution in [2.45, 2.75) is 31.7 Å². The Morgan fingerprint density at radius 3 is 3.00 bits per heavy atom. The van der Waals surface area contributed by atoms with Crippen LogP contribution in [0.15, 0.2) is 18.3 Å². The van der Waals surface area contributed by atoms with Gasteiger partial charge in [0.05, 0.1) is 5.69 Å².